The summed E-state index contributed by atoms with van der Waals surface area (Å²) in [6.07, 6.45) is 12.3. The van der Waals surface area contributed by atoms with Crippen molar-refractivity contribution in [1.29, 1.82) is 0 Å². The van der Waals surface area contributed by atoms with Crippen LogP contribution in [0.25, 0.3) is 5.57 Å². The zero-order chi connectivity index (χ0) is 42.3. The number of nitrogens with one attached hydrogen (secondary N) is 1. The predicted molar refractivity (Wildman–Crippen MR) is 248 cm³/mol. The molecule has 2 aliphatic heterocycles. The van der Waals surface area contributed by atoms with Crippen molar-refractivity contribution in [3.05, 3.63) is 125 Å². The van der Waals surface area contributed by atoms with Crippen molar-refractivity contribution in [1.82, 2.24) is 4.90 Å². The Hall–Kier alpha value is -4.24. The average Bonchev–Trinajstić information content (AvgIpc) is 3.23. The molecule has 3 aromatic rings. The fraction of sp³-hybridized carbons (Fsp3) is 0.391. The van der Waals surface area contributed by atoms with E-state index < -0.39 is 25.8 Å². The Bertz CT molecular complexity index is 2430. The fourth-order valence-corrected chi connectivity index (χ4v) is 12.5. The molecule has 10 nitrogen and oxygen atoms in total. The molecule has 0 amide bonds. The lowest BCUT2D eigenvalue weighted by Gasteiger charge is -2.37. The molecule has 0 saturated carbocycles. The molecule has 2 saturated heterocycles. The lowest BCUT2D eigenvalue weighted by molar-refractivity contribution is -0.111. The standard InChI is InChI=1S/C46H54N4O6S4/c1-33-15-9-11-25-49(33)35-21-23-39(41(31-35)47-59(53,54)29-13-27-57-37-17-5-3-6-18-37)43-45(51)44(46(43)52)40-24-22-36(50-26-12-10-16-34(50)2)32-42(40)48-60(55,56)30-14-28-58-38-19-7-4-8-20-38/h3-8,17-24,31-34,47,51H,9-16,25-30H2,1-2H3/b44-40-,48-42+. The average molecular weight is 887 g/mol. The quantitative estimate of drug-likeness (QED) is 0.0814. The molecule has 7 rings (SSSR count). The molecule has 2 aliphatic carbocycles. The number of sulfonamides is 2. The smallest absolute Gasteiger partial charge is 0.253 e. The van der Waals surface area contributed by atoms with Gasteiger partial charge in [-0.15, -0.1) is 23.5 Å². The van der Waals surface area contributed by atoms with Crippen molar-refractivity contribution in [2.24, 2.45) is 4.40 Å². The summed E-state index contributed by atoms with van der Waals surface area (Å²) < 4.78 is 61.6. The summed E-state index contributed by atoms with van der Waals surface area (Å²) in [4.78, 5) is 20.9. The van der Waals surface area contributed by atoms with Gasteiger partial charge in [-0.3, -0.25) is 9.52 Å². The highest BCUT2D eigenvalue weighted by Crippen LogP contribution is 2.44. The van der Waals surface area contributed by atoms with Gasteiger partial charge in [-0.2, -0.15) is 4.40 Å². The topological polar surface area (TPSA) is 136 Å². The predicted octanol–water partition coefficient (Wildman–Crippen LogP) is 9.42. The summed E-state index contributed by atoms with van der Waals surface area (Å²) in [5.74, 6) is 0.0534. The van der Waals surface area contributed by atoms with E-state index in [9.17, 15) is 26.7 Å². The van der Waals surface area contributed by atoms with E-state index in [2.05, 4.69) is 32.8 Å². The summed E-state index contributed by atoms with van der Waals surface area (Å²) in [5.41, 5.74) is 2.35. The van der Waals surface area contributed by atoms with Crippen molar-refractivity contribution in [2.45, 2.75) is 87.1 Å². The Labute approximate surface area is 364 Å². The van der Waals surface area contributed by atoms with Crippen LogP contribution in [0.2, 0.25) is 0 Å². The Morgan fingerprint density at radius 1 is 0.750 bits per heavy atom. The number of ketones is 1. The minimum Gasteiger partial charge on any atom is -0.506 e. The van der Waals surface area contributed by atoms with Gasteiger partial charge in [0.25, 0.3) is 10.0 Å². The Morgan fingerprint density at radius 2 is 1.35 bits per heavy atom. The van der Waals surface area contributed by atoms with Gasteiger partial charge in [0, 0.05) is 57.5 Å². The van der Waals surface area contributed by atoms with E-state index in [0.29, 0.717) is 24.3 Å². The Morgan fingerprint density at radius 3 is 1.95 bits per heavy atom. The number of carbonyl (C=O) groups is 1. The number of nitrogens with zero attached hydrogens (tertiary/aromatic N) is 3. The molecule has 2 fully saturated rings. The maximum absolute atomic E-state index is 14.3. The van der Waals surface area contributed by atoms with Gasteiger partial charge in [0.1, 0.15) is 5.76 Å². The number of allylic oxidation sites excluding steroid dienone is 6. The highest BCUT2D eigenvalue weighted by Gasteiger charge is 2.40. The fourth-order valence-electron chi connectivity index (χ4n) is 8.18. The minimum atomic E-state index is -3.98. The number of hydrogen-bond donors (Lipinski definition) is 2. The lowest BCUT2D eigenvalue weighted by atomic mass is 9.78. The van der Waals surface area contributed by atoms with Crippen LogP contribution < -0.4 is 9.62 Å². The third-order valence-corrected chi connectivity index (χ3v) is 16.2. The number of benzene rings is 3. The number of hydrogen-bond acceptors (Lipinski definition) is 10. The lowest BCUT2D eigenvalue weighted by Crippen LogP contribution is -2.37. The molecule has 0 aromatic heterocycles. The molecule has 2 unspecified atom stereocenters. The van der Waals surface area contributed by atoms with E-state index in [1.165, 1.54) is 0 Å². The summed E-state index contributed by atoms with van der Waals surface area (Å²) in [6, 6.07) is 25.4. The van der Waals surface area contributed by atoms with Crippen LogP contribution in [0.5, 0.6) is 0 Å². The first kappa shape index (κ1) is 43.8. The van der Waals surface area contributed by atoms with Crippen molar-refractivity contribution >= 4 is 72.0 Å². The number of thioether (sulfide) groups is 2. The van der Waals surface area contributed by atoms with Crippen molar-refractivity contribution in [2.75, 3.05) is 45.7 Å². The van der Waals surface area contributed by atoms with E-state index in [1.807, 2.05) is 72.8 Å². The van der Waals surface area contributed by atoms with Gasteiger partial charge in [-0.1, -0.05) is 36.4 Å². The van der Waals surface area contributed by atoms with Crippen LogP contribution >= 0.6 is 23.5 Å². The van der Waals surface area contributed by atoms with Crippen molar-refractivity contribution in [3.63, 3.8) is 0 Å². The van der Waals surface area contributed by atoms with Crippen LogP contribution in [0.15, 0.2) is 134 Å². The molecule has 60 heavy (non-hydrogen) atoms. The first-order chi connectivity index (χ1) is 28.9. The molecule has 14 heteroatoms. The summed E-state index contributed by atoms with van der Waals surface area (Å²) in [7, 11) is -7.83. The molecule has 0 spiro atoms. The third kappa shape index (κ3) is 10.8. The first-order valence-electron chi connectivity index (χ1n) is 20.9. The van der Waals surface area contributed by atoms with Crippen LogP contribution in [-0.2, 0) is 24.8 Å². The molecule has 0 bridgehead atoms. The van der Waals surface area contributed by atoms with Crippen LogP contribution in [0, 0.1) is 0 Å². The molecule has 2 N–H and O–H groups in total. The van der Waals surface area contributed by atoms with Gasteiger partial charge in [-0.25, -0.2) is 16.8 Å². The number of aliphatic hydroxyl groups excluding tert-OH is 1. The van der Waals surface area contributed by atoms with Gasteiger partial charge >= 0.3 is 0 Å². The minimum absolute atomic E-state index is 0.0268. The van der Waals surface area contributed by atoms with Gasteiger partial charge in [0.2, 0.25) is 15.8 Å². The number of aliphatic hydroxyl groups is 1. The molecular formula is C46H54N4O6S4. The number of carbonyl (C=O) groups excluding carboxylic acids is 1. The molecule has 2 atom stereocenters. The molecular weight excluding hydrogens is 833 g/mol. The van der Waals surface area contributed by atoms with Crippen LogP contribution in [-0.4, -0.2) is 86.5 Å². The highest BCUT2D eigenvalue weighted by molar-refractivity contribution is 7.99. The molecule has 0 radical (unpaired) electrons. The molecule has 3 aromatic carbocycles. The summed E-state index contributed by atoms with van der Waals surface area (Å²) in [6.45, 7) is 5.92. The van der Waals surface area contributed by atoms with Gasteiger partial charge < -0.3 is 14.9 Å². The van der Waals surface area contributed by atoms with E-state index in [-0.39, 0.29) is 63.0 Å². The van der Waals surface area contributed by atoms with Crippen LogP contribution in [0.3, 0.4) is 0 Å². The molecule has 2 heterocycles. The van der Waals surface area contributed by atoms with Gasteiger partial charge in [0.05, 0.1) is 34.1 Å². The Balaban J connectivity index is 1.19. The van der Waals surface area contributed by atoms with E-state index in [1.54, 1.807) is 47.8 Å². The van der Waals surface area contributed by atoms with Gasteiger partial charge in [-0.05, 0) is 137 Å². The largest absolute Gasteiger partial charge is 0.506 e. The van der Waals surface area contributed by atoms with E-state index in [4.69, 9.17) is 0 Å². The molecule has 318 valence electrons. The number of likely N-dealkylation sites (tertiary alicyclic amines) is 1. The molecule has 4 aliphatic rings. The number of piperidine rings is 2. The maximum atomic E-state index is 14.3. The second-order valence-corrected chi connectivity index (χ2v) is 21.7. The van der Waals surface area contributed by atoms with Gasteiger partial charge in [0.15, 0.2) is 0 Å². The normalized spacial score (nSPS) is 21.9. The van der Waals surface area contributed by atoms with Crippen LogP contribution in [0.4, 0.5) is 11.4 Å². The zero-order valence-corrected chi connectivity index (χ0v) is 37.5. The second kappa shape index (κ2) is 19.6. The van der Waals surface area contributed by atoms with E-state index in [0.717, 1.165) is 72.8 Å². The van der Waals surface area contributed by atoms with Crippen LogP contribution in [0.1, 0.15) is 70.8 Å². The maximum Gasteiger partial charge on any atom is 0.253 e. The number of anilines is 2. The number of rotatable bonds is 16. The third-order valence-electron chi connectivity index (χ3n) is 11.4. The second-order valence-electron chi connectivity index (χ2n) is 15.8. The summed E-state index contributed by atoms with van der Waals surface area (Å²) >= 11 is 3.17. The highest BCUT2D eigenvalue weighted by atomic mass is 32.2. The zero-order valence-electron chi connectivity index (χ0n) is 34.3. The number of Topliss-reactive ketones (excluding diaryl/α,β-unsaturated/α-hetero) is 1. The SMILES string of the molecule is CC1CCCCN1C1=CC(=N\S(=O)(=O)CCCSc2ccccc2)/C(=C2\C(=O)C(c3ccc(N4CCCCC4C)cc3NS(=O)(=O)CCCSc3ccccc3)=C2O)C=C1. The van der Waals surface area contributed by atoms with Crippen molar-refractivity contribution < 1.29 is 26.7 Å². The van der Waals surface area contributed by atoms with Crippen molar-refractivity contribution in [3.8, 4) is 0 Å². The Kier molecular flexibility index (Phi) is 14.4. The first-order valence-corrected chi connectivity index (χ1v) is 26.1. The monoisotopic (exact) mass is 886 g/mol. The summed E-state index contributed by atoms with van der Waals surface area (Å²) in [5, 5.41) is 11.8. The van der Waals surface area contributed by atoms with E-state index >= 15 is 0 Å².